The Kier molecular flexibility index (Phi) is 8.42. The van der Waals surface area contributed by atoms with Crippen molar-refractivity contribution in [1.29, 1.82) is 0 Å². The van der Waals surface area contributed by atoms with E-state index in [0.29, 0.717) is 13.2 Å². The number of hydrogen-bond donors (Lipinski definition) is 2. The number of rotatable bonds is 5. The summed E-state index contributed by atoms with van der Waals surface area (Å²) in [6, 6.07) is -0.114. The van der Waals surface area contributed by atoms with Crippen LogP contribution in [0.3, 0.4) is 0 Å². The molecule has 7 heteroatoms. The third kappa shape index (κ3) is 5.58. The van der Waals surface area contributed by atoms with E-state index in [1.165, 1.54) is 0 Å². The van der Waals surface area contributed by atoms with Gasteiger partial charge in [0.15, 0.2) is 0 Å². The number of ether oxygens (including phenoxy) is 1. The first-order chi connectivity index (χ1) is 7.24. The zero-order chi connectivity index (χ0) is 11.1. The second-order valence-corrected chi connectivity index (χ2v) is 4.15. The lowest BCUT2D eigenvalue weighted by molar-refractivity contribution is -0.143. The summed E-state index contributed by atoms with van der Waals surface area (Å²) < 4.78 is 4.74. The highest BCUT2D eigenvalue weighted by molar-refractivity contribution is 7.99. The van der Waals surface area contributed by atoms with E-state index in [-0.39, 0.29) is 36.7 Å². The maximum Gasteiger partial charge on any atom is 0.307 e. The Balaban J connectivity index is 0.00000225. The first kappa shape index (κ1) is 15.5. The normalized spacial score (nSPS) is 18.7. The zero-order valence-corrected chi connectivity index (χ0v) is 10.8. The lowest BCUT2D eigenvalue weighted by Crippen LogP contribution is -2.42. The number of nitrogens with one attached hydrogen (secondary N) is 2. The predicted molar refractivity (Wildman–Crippen MR) is 65.8 cm³/mol. The maximum atomic E-state index is 11.4. The number of carbonyl (C=O) groups is 2. The van der Waals surface area contributed by atoms with Gasteiger partial charge in [-0.25, -0.2) is 0 Å². The van der Waals surface area contributed by atoms with Gasteiger partial charge in [0.25, 0.3) is 0 Å². The molecule has 5 nitrogen and oxygen atoms in total. The second kappa shape index (κ2) is 8.66. The summed E-state index contributed by atoms with van der Waals surface area (Å²) in [5.74, 6) is 1.30. The molecule has 0 aliphatic carbocycles. The lowest BCUT2D eigenvalue weighted by Gasteiger charge is -2.09. The molecule has 2 N–H and O–H groups in total. The second-order valence-electron chi connectivity index (χ2n) is 3.12. The van der Waals surface area contributed by atoms with Gasteiger partial charge in [0, 0.05) is 18.2 Å². The first-order valence-corrected chi connectivity index (χ1v) is 6.14. The molecule has 0 aromatic rings. The number of thioether (sulfide) groups is 1. The van der Waals surface area contributed by atoms with Crippen molar-refractivity contribution in [3.8, 4) is 0 Å². The molecule has 1 fully saturated rings. The molecule has 1 atom stereocenters. The monoisotopic (exact) mass is 268 g/mol. The van der Waals surface area contributed by atoms with Gasteiger partial charge in [-0.2, -0.15) is 0 Å². The molecule has 0 aromatic heterocycles. The number of halogens is 1. The Bertz CT molecular complexity index is 235. The van der Waals surface area contributed by atoms with Crippen molar-refractivity contribution in [2.75, 3.05) is 24.8 Å². The van der Waals surface area contributed by atoms with Gasteiger partial charge in [-0.15, -0.1) is 24.2 Å². The topological polar surface area (TPSA) is 67.4 Å². The molecule has 1 heterocycles. The summed E-state index contributed by atoms with van der Waals surface area (Å²) in [4.78, 5) is 22.4. The first-order valence-electron chi connectivity index (χ1n) is 4.98. The summed E-state index contributed by atoms with van der Waals surface area (Å²) in [6.07, 6.45) is 0.236. The highest BCUT2D eigenvalue weighted by Gasteiger charge is 2.21. The largest absolute Gasteiger partial charge is 0.466 e. The van der Waals surface area contributed by atoms with Crippen LogP contribution in [-0.4, -0.2) is 42.7 Å². The van der Waals surface area contributed by atoms with Crippen molar-refractivity contribution < 1.29 is 14.3 Å². The zero-order valence-electron chi connectivity index (χ0n) is 9.15. The third-order valence-electron chi connectivity index (χ3n) is 1.97. The molecule has 16 heavy (non-hydrogen) atoms. The molecule has 1 rings (SSSR count). The third-order valence-corrected chi connectivity index (χ3v) is 2.91. The number of carbonyl (C=O) groups excluding carboxylic acids is 2. The van der Waals surface area contributed by atoms with Crippen LogP contribution in [-0.2, 0) is 14.3 Å². The van der Waals surface area contributed by atoms with Gasteiger partial charge in [-0.3, -0.25) is 14.9 Å². The molecule has 0 bridgehead atoms. The van der Waals surface area contributed by atoms with Gasteiger partial charge >= 0.3 is 5.97 Å². The smallest absolute Gasteiger partial charge is 0.307 e. The fourth-order valence-corrected chi connectivity index (χ4v) is 2.15. The van der Waals surface area contributed by atoms with Gasteiger partial charge in [0.2, 0.25) is 5.91 Å². The van der Waals surface area contributed by atoms with Gasteiger partial charge in [0.05, 0.1) is 19.1 Å². The molecule has 1 unspecified atom stereocenters. The van der Waals surface area contributed by atoms with Gasteiger partial charge in [-0.05, 0) is 6.92 Å². The van der Waals surface area contributed by atoms with Crippen LogP contribution in [0.2, 0.25) is 0 Å². The van der Waals surface area contributed by atoms with Crippen molar-refractivity contribution in [1.82, 2.24) is 10.6 Å². The quantitative estimate of drug-likeness (QED) is 0.695. The molecule has 0 saturated carbocycles. The van der Waals surface area contributed by atoms with Crippen molar-refractivity contribution in [3.05, 3.63) is 0 Å². The molecule has 94 valence electrons. The Morgan fingerprint density at radius 1 is 1.56 bits per heavy atom. The van der Waals surface area contributed by atoms with Crippen LogP contribution in [0.15, 0.2) is 0 Å². The van der Waals surface area contributed by atoms with Crippen LogP contribution >= 0.6 is 24.2 Å². The molecular weight excluding hydrogens is 252 g/mol. The van der Waals surface area contributed by atoms with Gasteiger partial charge in [0.1, 0.15) is 0 Å². The van der Waals surface area contributed by atoms with Crippen LogP contribution in [0, 0.1) is 0 Å². The molecule has 1 aliphatic rings. The van der Waals surface area contributed by atoms with E-state index in [9.17, 15) is 9.59 Å². The molecular formula is C9H17ClN2O3S. The molecule has 0 spiro atoms. The molecule has 0 aromatic carbocycles. The summed E-state index contributed by atoms with van der Waals surface area (Å²) in [5, 5.41) is 5.75. The van der Waals surface area contributed by atoms with E-state index in [1.54, 1.807) is 18.7 Å². The van der Waals surface area contributed by atoms with Crippen molar-refractivity contribution in [2.24, 2.45) is 0 Å². The number of hydrogen-bond acceptors (Lipinski definition) is 5. The standard InChI is InChI=1S/C9H16N2O3S.ClH/c1-2-14-8(12)3-4-10-9(13)7-5-15-6-11-7;/h7,11H,2-6H2,1H3,(H,10,13);1H. The predicted octanol–water partition coefficient (Wildman–Crippen LogP) is 0.140. The Labute approximate surface area is 105 Å². The average Bonchev–Trinajstić information content (AvgIpc) is 2.70. The van der Waals surface area contributed by atoms with Crippen LogP contribution in [0.25, 0.3) is 0 Å². The van der Waals surface area contributed by atoms with E-state index in [0.717, 1.165) is 11.6 Å². The average molecular weight is 269 g/mol. The summed E-state index contributed by atoms with van der Waals surface area (Å²) in [6.45, 7) is 2.49. The summed E-state index contributed by atoms with van der Waals surface area (Å²) in [7, 11) is 0. The van der Waals surface area contributed by atoms with E-state index in [4.69, 9.17) is 4.74 Å². The minimum atomic E-state index is -0.272. The Morgan fingerprint density at radius 3 is 2.88 bits per heavy atom. The van der Waals surface area contributed by atoms with Crippen molar-refractivity contribution in [2.45, 2.75) is 19.4 Å². The fraction of sp³-hybridized carbons (Fsp3) is 0.778. The van der Waals surface area contributed by atoms with Crippen molar-refractivity contribution >= 4 is 36.0 Å². The van der Waals surface area contributed by atoms with E-state index in [2.05, 4.69) is 10.6 Å². The van der Waals surface area contributed by atoms with Crippen LogP contribution in [0.5, 0.6) is 0 Å². The minimum Gasteiger partial charge on any atom is -0.466 e. The van der Waals surface area contributed by atoms with E-state index in [1.807, 2.05) is 0 Å². The fourth-order valence-electron chi connectivity index (χ4n) is 1.21. The summed E-state index contributed by atoms with van der Waals surface area (Å²) in [5.41, 5.74) is 0. The number of amides is 1. The maximum absolute atomic E-state index is 11.4. The van der Waals surface area contributed by atoms with Crippen LogP contribution in [0.4, 0.5) is 0 Å². The highest BCUT2D eigenvalue weighted by Crippen LogP contribution is 2.08. The van der Waals surface area contributed by atoms with E-state index < -0.39 is 0 Å². The van der Waals surface area contributed by atoms with Crippen molar-refractivity contribution in [3.63, 3.8) is 0 Å². The molecule has 0 radical (unpaired) electrons. The highest BCUT2D eigenvalue weighted by atomic mass is 35.5. The molecule has 1 amide bonds. The molecule has 1 saturated heterocycles. The lowest BCUT2D eigenvalue weighted by atomic mass is 10.3. The van der Waals surface area contributed by atoms with Gasteiger partial charge in [-0.1, -0.05) is 0 Å². The summed E-state index contributed by atoms with van der Waals surface area (Å²) >= 11 is 1.69. The SMILES string of the molecule is CCOC(=O)CCNC(=O)C1CSCN1.Cl. The van der Waals surface area contributed by atoms with Gasteiger partial charge < -0.3 is 10.1 Å². The van der Waals surface area contributed by atoms with Crippen LogP contribution < -0.4 is 10.6 Å². The Morgan fingerprint density at radius 2 is 2.31 bits per heavy atom. The Hall–Kier alpha value is -0.460. The molecule has 1 aliphatic heterocycles. The minimum absolute atomic E-state index is 0. The number of esters is 1. The van der Waals surface area contributed by atoms with E-state index >= 15 is 0 Å². The van der Waals surface area contributed by atoms with Crippen LogP contribution in [0.1, 0.15) is 13.3 Å².